The molecule has 0 bridgehead atoms. The highest BCUT2D eigenvalue weighted by atomic mass is 35.5. The Labute approximate surface area is 124 Å². The van der Waals surface area contributed by atoms with E-state index in [0.29, 0.717) is 6.04 Å². The van der Waals surface area contributed by atoms with Crippen molar-refractivity contribution in [2.75, 3.05) is 6.54 Å². The maximum absolute atomic E-state index is 6.26. The van der Waals surface area contributed by atoms with Gasteiger partial charge in [0.05, 0.1) is 0 Å². The summed E-state index contributed by atoms with van der Waals surface area (Å²) in [6.45, 7) is 3.25. The van der Waals surface area contributed by atoms with Gasteiger partial charge in [0, 0.05) is 11.1 Å². The van der Waals surface area contributed by atoms with Crippen LogP contribution in [0.25, 0.3) is 0 Å². The molecular formula is C16H20ClNS. The Hall–Kier alpha value is -0.830. The Kier molecular flexibility index (Phi) is 5.90. The molecule has 3 heteroatoms. The second-order valence-corrected chi connectivity index (χ2v) is 5.97. The van der Waals surface area contributed by atoms with Crippen molar-refractivity contribution in [3.63, 3.8) is 0 Å². The van der Waals surface area contributed by atoms with Crippen LogP contribution < -0.4 is 5.32 Å². The minimum atomic E-state index is 0.453. The molecule has 1 aromatic heterocycles. The van der Waals surface area contributed by atoms with Crippen molar-refractivity contribution in [1.29, 1.82) is 0 Å². The van der Waals surface area contributed by atoms with Gasteiger partial charge in [-0.3, -0.25) is 0 Å². The van der Waals surface area contributed by atoms with E-state index < -0.39 is 0 Å². The highest BCUT2D eigenvalue weighted by Crippen LogP contribution is 2.18. The van der Waals surface area contributed by atoms with Gasteiger partial charge >= 0.3 is 0 Å². The highest BCUT2D eigenvalue weighted by Gasteiger charge is 2.12. The standard InChI is InChI=1S/C16H20ClNS/c1-2-8-18-15(10-13-7-9-19-12-13)11-14-5-3-4-6-16(14)17/h3-7,9,12,15,18H,2,8,10-11H2,1H3. The smallest absolute Gasteiger partial charge is 0.0438 e. The van der Waals surface area contributed by atoms with Gasteiger partial charge in [0.1, 0.15) is 0 Å². The van der Waals surface area contributed by atoms with E-state index in [-0.39, 0.29) is 0 Å². The van der Waals surface area contributed by atoms with Crippen LogP contribution in [0.4, 0.5) is 0 Å². The largest absolute Gasteiger partial charge is 0.313 e. The number of hydrogen-bond donors (Lipinski definition) is 1. The van der Waals surface area contributed by atoms with Gasteiger partial charge in [-0.2, -0.15) is 11.3 Å². The van der Waals surface area contributed by atoms with E-state index in [0.717, 1.165) is 30.8 Å². The van der Waals surface area contributed by atoms with E-state index in [1.807, 2.05) is 12.1 Å². The van der Waals surface area contributed by atoms with Crippen molar-refractivity contribution in [2.24, 2.45) is 0 Å². The number of benzene rings is 1. The van der Waals surface area contributed by atoms with E-state index in [1.165, 1.54) is 11.1 Å². The van der Waals surface area contributed by atoms with E-state index >= 15 is 0 Å². The van der Waals surface area contributed by atoms with Crippen LogP contribution in [0.15, 0.2) is 41.1 Å². The zero-order valence-corrected chi connectivity index (χ0v) is 12.8. The minimum Gasteiger partial charge on any atom is -0.313 e. The van der Waals surface area contributed by atoms with Crippen LogP contribution in [0.1, 0.15) is 24.5 Å². The SMILES string of the molecule is CCCNC(Cc1ccsc1)Cc1ccccc1Cl. The summed E-state index contributed by atoms with van der Waals surface area (Å²) >= 11 is 8.02. The molecule has 0 aliphatic carbocycles. The summed E-state index contributed by atoms with van der Waals surface area (Å²) in [7, 11) is 0. The first-order valence-electron chi connectivity index (χ1n) is 6.77. The average molecular weight is 294 g/mol. The van der Waals surface area contributed by atoms with Crippen LogP contribution >= 0.6 is 22.9 Å². The molecule has 1 unspecified atom stereocenters. The molecule has 1 heterocycles. The van der Waals surface area contributed by atoms with E-state index in [2.05, 4.69) is 41.2 Å². The van der Waals surface area contributed by atoms with E-state index in [4.69, 9.17) is 11.6 Å². The van der Waals surface area contributed by atoms with E-state index in [9.17, 15) is 0 Å². The second-order valence-electron chi connectivity index (χ2n) is 4.78. The zero-order valence-electron chi connectivity index (χ0n) is 11.2. The average Bonchev–Trinajstić information content (AvgIpc) is 2.91. The van der Waals surface area contributed by atoms with Crippen molar-refractivity contribution in [1.82, 2.24) is 5.32 Å². The first kappa shape index (κ1) is 14.6. The minimum absolute atomic E-state index is 0.453. The quantitative estimate of drug-likeness (QED) is 0.789. The first-order valence-corrected chi connectivity index (χ1v) is 8.09. The van der Waals surface area contributed by atoms with Crippen molar-refractivity contribution in [2.45, 2.75) is 32.2 Å². The molecule has 102 valence electrons. The van der Waals surface area contributed by atoms with Crippen molar-refractivity contribution >= 4 is 22.9 Å². The van der Waals surface area contributed by atoms with Crippen molar-refractivity contribution in [3.8, 4) is 0 Å². The number of nitrogens with one attached hydrogen (secondary N) is 1. The Bertz CT molecular complexity index is 481. The maximum Gasteiger partial charge on any atom is 0.0438 e. The predicted molar refractivity (Wildman–Crippen MR) is 85.3 cm³/mol. The molecule has 0 saturated heterocycles. The summed E-state index contributed by atoms with van der Waals surface area (Å²) in [6, 6.07) is 10.8. The van der Waals surface area contributed by atoms with Gasteiger partial charge in [-0.05, 0) is 59.8 Å². The fraction of sp³-hybridized carbons (Fsp3) is 0.375. The molecule has 0 aliphatic heterocycles. The molecule has 1 nitrogen and oxygen atoms in total. The van der Waals surface area contributed by atoms with Crippen LogP contribution in [-0.2, 0) is 12.8 Å². The second kappa shape index (κ2) is 7.68. The lowest BCUT2D eigenvalue weighted by atomic mass is 10.0. The zero-order chi connectivity index (χ0) is 13.5. The molecule has 2 rings (SSSR count). The van der Waals surface area contributed by atoms with Gasteiger partial charge in [-0.15, -0.1) is 0 Å². The van der Waals surface area contributed by atoms with Gasteiger partial charge in [-0.25, -0.2) is 0 Å². The third-order valence-electron chi connectivity index (χ3n) is 3.17. The summed E-state index contributed by atoms with van der Waals surface area (Å²) in [5.74, 6) is 0. The molecule has 1 N–H and O–H groups in total. The molecule has 1 aromatic carbocycles. The normalized spacial score (nSPS) is 12.5. The van der Waals surface area contributed by atoms with Gasteiger partial charge in [-0.1, -0.05) is 36.7 Å². The number of halogens is 1. The number of hydrogen-bond acceptors (Lipinski definition) is 2. The lowest BCUT2D eigenvalue weighted by Crippen LogP contribution is -2.33. The Morgan fingerprint density at radius 1 is 1.21 bits per heavy atom. The lowest BCUT2D eigenvalue weighted by Gasteiger charge is -2.19. The molecular weight excluding hydrogens is 274 g/mol. The third kappa shape index (κ3) is 4.64. The van der Waals surface area contributed by atoms with Crippen molar-refractivity contribution in [3.05, 3.63) is 57.2 Å². The molecule has 0 saturated carbocycles. The van der Waals surface area contributed by atoms with Crippen LogP contribution in [-0.4, -0.2) is 12.6 Å². The Balaban J connectivity index is 2.03. The Morgan fingerprint density at radius 3 is 2.74 bits per heavy atom. The summed E-state index contributed by atoms with van der Waals surface area (Å²) in [5, 5.41) is 8.87. The summed E-state index contributed by atoms with van der Waals surface area (Å²) in [4.78, 5) is 0. The summed E-state index contributed by atoms with van der Waals surface area (Å²) in [5.41, 5.74) is 2.64. The molecule has 0 aliphatic rings. The fourth-order valence-electron chi connectivity index (χ4n) is 2.19. The van der Waals surface area contributed by atoms with Gasteiger partial charge in [0.2, 0.25) is 0 Å². The van der Waals surface area contributed by atoms with Crippen LogP contribution in [0.3, 0.4) is 0 Å². The maximum atomic E-state index is 6.26. The monoisotopic (exact) mass is 293 g/mol. The molecule has 2 aromatic rings. The first-order chi connectivity index (χ1) is 9.29. The van der Waals surface area contributed by atoms with Crippen LogP contribution in [0.5, 0.6) is 0 Å². The molecule has 19 heavy (non-hydrogen) atoms. The molecule has 0 amide bonds. The van der Waals surface area contributed by atoms with E-state index in [1.54, 1.807) is 11.3 Å². The van der Waals surface area contributed by atoms with Gasteiger partial charge in [0.15, 0.2) is 0 Å². The van der Waals surface area contributed by atoms with Crippen LogP contribution in [0.2, 0.25) is 5.02 Å². The van der Waals surface area contributed by atoms with Gasteiger partial charge in [0.25, 0.3) is 0 Å². The molecule has 1 atom stereocenters. The topological polar surface area (TPSA) is 12.0 Å². The van der Waals surface area contributed by atoms with Crippen molar-refractivity contribution < 1.29 is 0 Å². The molecule has 0 fully saturated rings. The van der Waals surface area contributed by atoms with Gasteiger partial charge < -0.3 is 5.32 Å². The molecule has 0 radical (unpaired) electrons. The number of thiophene rings is 1. The Morgan fingerprint density at radius 2 is 2.05 bits per heavy atom. The lowest BCUT2D eigenvalue weighted by molar-refractivity contribution is 0.505. The summed E-state index contributed by atoms with van der Waals surface area (Å²) in [6.07, 6.45) is 3.20. The fourth-order valence-corrected chi connectivity index (χ4v) is 3.08. The van der Waals surface area contributed by atoms with Crippen LogP contribution in [0, 0.1) is 0 Å². The summed E-state index contributed by atoms with van der Waals surface area (Å²) < 4.78 is 0. The highest BCUT2D eigenvalue weighted by molar-refractivity contribution is 7.07. The predicted octanol–water partition coefficient (Wildman–Crippen LogP) is 4.55. The molecule has 0 spiro atoms. The third-order valence-corrected chi connectivity index (χ3v) is 4.27. The number of rotatable bonds is 7.